The first-order valence-corrected chi connectivity index (χ1v) is 8.30. The van der Waals surface area contributed by atoms with Crippen LogP contribution in [0.1, 0.15) is 50.5 Å². The topological polar surface area (TPSA) is 29.1 Å². The Morgan fingerprint density at radius 1 is 1.10 bits per heavy atom. The van der Waals surface area contributed by atoms with Gasteiger partial charge >= 0.3 is 0 Å². The molecule has 1 saturated carbocycles. The summed E-state index contributed by atoms with van der Waals surface area (Å²) in [6, 6.07) is 10.4. The van der Waals surface area contributed by atoms with E-state index in [0.717, 1.165) is 12.8 Å². The lowest BCUT2D eigenvalue weighted by Crippen LogP contribution is -2.40. The molecule has 0 saturated heterocycles. The second kappa shape index (κ2) is 8.35. The van der Waals surface area contributed by atoms with Gasteiger partial charge in [-0.2, -0.15) is 12.6 Å². The van der Waals surface area contributed by atoms with Crippen molar-refractivity contribution in [2.24, 2.45) is 0 Å². The summed E-state index contributed by atoms with van der Waals surface area (Å²) >= 11 is 4.47. The van der Waals surface area contributed by atoms with Crippen LogP contribution in [0, 0.1) is 0 Å². The Hall–Kier alpha value is -0.960. The number of amides is 1. The second-order valence-electron chi connectivity index (χ2n) is 5.76. The van der Waals surface area contributed by atoms with Gasteiger partial charge in [0, 0.05) is 6.04 Å². The summed E-state index contributed by atoms with van der Waals surface area (Å²) in [4.78, 5) is 12.2. The number of rotatable bonds is 4. The zero-order valence-corrected chi connectivity index (χ0v) is 12.9. The van der Waals surface area contributed by atoms with E-state index in [2.05, 4.69) is 17.9 Å². The van der Waals surface area contributed by atoms with E-state index >= 15 is 0 Å². The molecule has 1 aromatic rings. The molecule has 0 aliphatic heterocycles. The van der Waals surface area contributed by atoms with Gasteiger partial charge in [-0.3, -0.25) is 4.79 Å². The maximum absolute atomic E-state index is 12.2. The largest absolute Gasteiger partial charge is 0.352 e. The first-order valence-electron chi connectivity index (χ1n) is 7.78. The van der Waals surface area contributed by atoms with Crippen molar-refractivity contribution in [1.82, 2.24) is 5.32 Å². The van der Waals surface area contributed by atoms with E-state index in [9.17, 15) is 4.79 Å². The van der Waals surface area contributed by atoms with Crippen LogP contribution in [-0.2, 0) is 11.2 Å². The summed E-state index contributed by atoms with van der Waals surface area (Å²) < 4.78 is 0. The zero-order chi connectivity index (χ0) is 14.2. The molecule has 1 unspecified atom stereocenters. The highest BCUT2D eigenvalue weighted by molar-refractivity contribution is 7.81. The average Bonchev–Trinajstić information content (AvgIpc) is 2.42. The minimum atomic E-state index is -0.247. The fourth-order valence-corrected chi connectivity index (χ4v) is 3.11. The van der Waals surface area contributed by atoms with Crippen LogP contribution in [0.25, 0.3) is 0 Å². The molecule has 1 fully saturated rings. The van der Waals surface area contributed by atoms with E-state index in [-0.39, 0.29) is 11.2 Å². The summed E-state index contributed by atoms with van der Waals surface area (Å²) in [5.74, 6) is 0.0859. The quantitative estimate of drug-likeness (QED) is 0.813. The molecule has 0 heterocycles. The van der Waals surface area contributed by atoms with E-state index in [1.54, 1.807) is 0 Å². The van der Waals surface area contributed by atoms with Crippen molar-refractivity contribution in [2.75, 3.05) is 0 Å². The van der Waals surface area contributed by atoms with Gasteiger partial charge in [0.05, 0.1) is 5.25 Å². The van der Waals surface area contributed by atoms with Gasteiger partial charge in [0.2, 0.25) is 5.91 Å². The molecule has 0 bridgehead atoms. The summed E-state index contributed by atoms with van der Waals surface area (Å²) in [5.41, 5.74) is 1.17. The predicted octanol–water partition coefficient (Wildman–Crippen LogP) is 3.76. The van der Waals surface area contributed by atoms with Crippen molar-refractivity contribution in [1.29, 1.82) is 0 Å². The molecule has 2 rings (SSSR count). The number of carbonyl (C=O) groups excluding carboxylic acids is 1. The van der Waals surface area contributed by atoms with Crippen molar-refractivity contribution < 1.29 is 4.79 Å². The fraction of sp³-hybridized carbons (Fsp3) is 0.588. The Kier molecular flexibility index (Phi) is 6.44. The number of thiol groups is 1. The summed E-state index contributed by atoms with van der Waals surface area (Å²) in [6.45, 7) is 0. The zero-order valence-electron chi connectivity index (χ0n) is 12.1. The minimum Gasteiger partial charge on any atom is -0.352 e. The highest BCUT2D eigenvalue weighted by atomic mass is 32.1. The molecule has 1 atom stereocenters. The molecule has 2 nitrogen and oxygen atoms in total. The number of benzene rings is 1. The lowest BCUT2D eigenvalue weighted by Gasteiger charge is -2.22. The molecule has 3 heteroatoms. The second-order valence-corrected chi connectivity index (χ2v) is 6.38. The Labute approximate surface area is 127 Å². The standard InChI is InChI=1S/C17H25NOS/c19-17(16(20)13-14-9-5-4-6-10-14)18-15-11-7-2-1-3-8-12-15/h4-6,9-10,15-16,20H,1-3,7-8,11-13H2,(H,18,19). The van der Waals surface area contributed by atoms with Crippen LogP contribution >= 0.6 is 12.6 Å². The fourth-order valence-electron chi connectivity index (χ4n) is 2.83. The van der Waals surface area contributed by atoms with Gasteiger partial charge in [-0.05, 0) is 24.8 Å². The molecule has 1 aliphatic rings. The summed E-state index contributed by atoms with van der Waals surface area (Å²) in [6.07, 6.45) is 9.38. The van der Waals surface area contributed by atoms with E-state index in [4.69, 9.17) is 0 Å². The molecule has 1 N–H and O–H groups in total. The minimum absolute atomic E-state index is 0.0859. The van der Waals surface area contributed by atoms with Crippen LogP contribution in [0.15, 0.2) is 30.3 Å². The van der Waals surface area contributed by atoms with Gasteiger partial charge in [0.25, 0.3) is 0 Å². The summed E-state index contributed by atoms with van der Waals surface area (Å²) in [5, 5.41) is 2.94. The Morgan fingerprint density at radius 3 is 2.35 bits per heavy atom. The van der Waals surface area contributed by atoms with Crippen molar-refractivity contribution in [3.8, 4) is 0 Å². The predicted molar refractivity (Wildman–Crippen MR) is 87.2 cm³/mol. The average molecular weight is 291 g/mol. The lowest BCUT2D eigenvalue weighted by atomic mass is 9.96. The Bertz CT molecular complexity index is 399. The van der Waals surface area contributed by atoms with Crippen LogP contribution < -0.4 is 5.32 Å². The smallest absolute Gasteiger partial charge is 0.233 e. The van der Waals surface area contributed by atoms with Crippen molar-refractivity contribution >= 4 is 18.5 Å². The molecule has 0 radical (unpaired) electrons. The third-order valence-corrected chi connectivity index (χ3v) is 4.44. The molecular formula is C17H25NOS. The molecule has 1 aliphatic carbocycles. The molecule has 1 amide bonds. The van der Waals surface area contributed by atoms with Crippen LogP contribution in [-0.4, -0.2) is 17.2 Å². The van der Waals surface area contributed by atoms with E-state index in [1.807, 2.05) is 30.3 Å². The van der Waals surface area contributed by atoms with Gasteiger partial charge < -0.3 is 5.32 Å². The monoisotopic (exact) mass is 291 g/mol. The van der Waals surface area contributed by atoms with Crippen LogP contribution in [0.3, 0.4) is 0 Å². The number of carbonyl (C=O) groups is 1. The third-order valence-electron chi connectivity index (χ3n) is 4.03. The van der Waals surface area contributed by atoms with E-state index in [1.165, 1.54) is 37.7 Å². The van der Waals surface area contributed by atoms with Gasteiger partial charge in [-0.1, -0.05) is 62.4 Å². The Morgan fingerprint density at radius 2 is 1.70 bits per heavy atom. The number of nitrogens with one attached hydrogen (secondary N) is 1. The molecule has 0 spiro atoms. The summed E-state index contributed by atoms with van der Waals surface area (Å²) in [7, 11) is 0. The molecule has 0 aromatic heterocycles. The molecule has 110 valence electrons. The maximum Gasteiger partial charge on any atom is 0.233 e. The normalized spacial score (nSPS) is 18.9. The first-order chi connectivity index (χ1) is 9.75. The molecule has 20 heavy (non-hydrogen) atoms. The Balaban J connectivity index is 1.80. The molecule has 1 aromatic carbocycles. The van der Waals surface area contributed by atoms with Crippen molar-refractivity contribution in [3.63, 3.8) is 0 Å². The van der Waals surface area contributed by atoms with Crippen LogP contribution in [0.2, 0.25) is 0 Å². The van der Waals surface area contributed by atoms with Crippen molar-refractivity contribution in [2.45, 2.75) is 62.7 Å². The van der Waals surface area contributed by atoms with Crippen LogP contribution in [0.4, 0.5) is 0 Å². The van der Waals surface area contributed by atoms with Crippen LogP contribution in [0.5, 0.6) is 0 Å². The SMILES string of the molecule is O=C(NC1CCCCCCC1)C(S)Cc1ccccc1. The lowest BCUT2D eigenvalue weighted by molar-refractivity contribution is -0.121. The first kappa shape index (κ1) is 15.4. The number of hydrogen-bond acceptors (Lipinski definition) is 2. The maximum atomic E-state index is 12.2. The highest BCUT2D eigenvalue weighted by Crippen LogP contribution is 2.17. The van der Waals surface area contributed by atoms with Gasteiger partial charge in [-0.25, -0.2) is 0 Å². The molecular weight excluding hydrogens is 266 g/mol. The van der Waals surface area contributed by atoms with Crippen molar-refractivity contribution in [3.05, 3.63) is 35.9 Å². The highest BCUT2D eigenvalue weighted by Gasteiger charge is 2.19. The number of hydrogen-bond donors (Lipinski definition) is 2. The van der Waals surface area contributed by atoms with Gasteiger partial charge in [0.15, 0.2) is 0 Å². The van der Waals surface area contributed by atoms with E-state index in [0.29, 0.717) is 12.5 Å². The van der Waals surface area contributed by atoms with Gasteiger partial charge in [-0.15, -0.1) is 0 Å². The van der Waals surface area contributed by atoms with Gasteiger partial charge in [0.1, 0.15) is 0 Å². The van der Waals surface area contributed by atoms with E-state index < -0.39 is 0 Å². The third kappa shape index (κ3) is 5.20.